The molecule has 0 saturated carbocycles. The van der Waals surface area contributed by atoms with E-state index >= 15 is 0 Å². The lowest BCUT2D eigenvalue weighted by Crippen LogP contribution is -2.74. The normalized spacial score (nSPS) is 10.7. The quantitative estimate of drug-likeness (QED) is 0.184. The molecular weight excluding hydrogens is 726 g/mol. The number of aromatic amines is 4. The monoisotopic (exact) mass is 776 g/mol. The lowest BCUT2D eigenvalue weighted by Gasteiger charge is -2.44. The Labute approximate surface area is 354 Å². The highest BCUT2D eigenvalue weighted by atomic mass is 14.8. The first-order valence-corrected chi connectivity index (χ1v) is 20.6. The maximum absolute atomic E-state index is 2.81. The molecule has 10 rings (SSSR count). The zero-order valence-electron chi connectivity index (χ0n) is 33.7. The number of hydrogen-bond donors (Lipinski definition) is 2. The fraction of sp³-hybridized carbons (Fsp3) is 0. The Balaban J connectivity index is 0.000000147. The van der Waals surface area contributed by atoms with Crippen molar-refractivity contribution in [3.05, 3.63) is 280 Å². The number of aromatic nitrogens is 4. The topological polar surface area (TPSA) is 59.9 Å². The van der Waals surface area contributed by atoms with Crippen LogP contribution in [0.5, 0.6) is 0 Å². The molecule has 0 bridgehead atoms. The van der Waals surface area contributed by atoms with Crippen LogP contribution in [-0.2, 0) is 0 Å². The molecule has 0 amide bonds. The Morgan fingerprint density at radius 3 is 0.500 bits per heavy atom. The van der Waals surface area contributed by atoms with Crippen LogP contribution in [0.15, 0.2) is 280 Å². The number of H-pyrrole nitrogens is 4. The predicted octanol–water partition coefficient (Wildman–Crippen LogP) is 5.79. The van der Waals surface area contributed by atoms with Gasteiger partial charge in [-0.3, -0.25) is 19.9 Å². The van der Waals surface area contributed by atoms with E-state index in [1.165, 1.54) is 43.7 Å². The van der Waals surface area contributed by atoms with Gasteiger partial charge < -0.3 is 0 Å². The summed E-state index contributed by atoms with van der Waals surface area (Å²) < 4.78 is 0. The fourth-order valence-corrected chi connectivity index (χ4v) is 8.72. The Morgan fingerprint density at radius 2 is 0.400 bits per heavy atom. The summed E-state index contributed by atoms with van der Waals surface area (Å²) >= 11 is 0. The Bertz CT molecular complexity index is 2050. The molecule has 0 unspecified atom stereocenters. The summed E-state index contributed by atoms with van der Waals surface area (Å²) in [7, 11) is 0. The Kier molecular flexibility index (Phi) is 14.3. The molecule has 60 heavy (non-hydrogen) atoms. The minimum atomic E-state index is -1.22. The first kappa shape index (κ1) is 40.5. The van der Waals surface area contributed by atoms with E-state index in [2.05, 4.69) is 263 Å². The van der Waals surface area contributed by atoms with E-state index in [-0.39, 0.29) is 0 Å². The summed E-state index contributed by atoms with van der Waals surface area (Å²) in [5.41, 5.74) is 10.7. The first-order chi connectivity index (χ1) is 29.8. The van der Waals surface area contributed by atoms with Crippen molar-refractivity contribution < 1.29 is 9.97 Å². The van der Waals surface area contributed by atoms with Crippen LogP contribution in [0.3, 0.4) is 0 Å². The van der Waals surface area contributed by atoms with Crippen LogP contribution in [0.2, 0.25) is 0 Å². The standard InChI is InChI=1S/2C24H20B.2C3H4N2/c2*1-5-13-21(14-6-1)25(22-15-7-2-8-16-22,23-17-9-3-10-18-23)24-19-11-4-12-20-24;2*1-2-5-3-4-1/h2*1-20H;2*1-3H,(H,4,5)/q2*-1;;/p+2. The Morgan fingerprint density at radius 1 is 0.233 bits per heavy atom. The van der Waals surface area contributed by atoms with E-state index < -0.39 is 12.3 Å². The van der Waals surface area contributed by atoms with Gasteiger partial charge in [0.1, 0.15) is 37.1 Å². The Hall–Kier alpha value is -7.69. The van der Waals surface area contributed by atoms with Gasteiger partial charge in [-0.1, -0.05) is 243 Å². The second kappa shape index (κ2) is 21.2. The van der Waals surface area contributed by atoms with Crippen LogP contribution in [0.4, 0.5) is 0 Å². The fourth-order valence-electron chi connectivity index (χ4n) is 8.72. The summed E-state index contributed by atoms with van der Waals surface area (Å²) in [6, 6.07) is 87.1. The largest absolute Gasteiger partial charge is 0.250 e. The lowest BCUT2D eigenvalue weighted by atomic mass is 9.13. The average molecular weight is 777 g/mol. The van der Waals surface area contributed by atoms with Crippen molar-refractivity contribution in [1.29, 1.82) is 0 Å². The highest BCUT2D eigenvalue weighted by molar-refractivity contribution is 7.20. The SMILES string of the molecule is c1c[nH+]c[nH]1.c1c[nH+]c[nH]1.c1ccc([B-](c2ccccc2)(c2ccccc2)c2ccccc2)cc1.c1ccc([B-](c2ccccc2)(c2ccccc2)c2ccccc2)cc1. The van der Waals surface area contributed by atoms with E-state index in [0.717, 1.165) is 0 Å². The van der Waals surface area contributed by atoms with E-state index in [1.807, 2.05) is 24.8 Å². The van der Waals surface area contributed by atoms with Crippen LogP contribution in [0.25, 0.3) is 0 Å². The van der Waals surface area contributed by atoms with Crippen LogP contribution in [0.1, 0.15) is 0 Å². The van der Waals surface area contributed by atoms with Gasteiger partial charge in [0.05, 0.1) is 0 Å². The molecule has 6 heteroatoms. The molecule has 292 valence electrons. The van der Waals surface area contributed by atoms with E-state index in [9.17, 15) is 0 Å². The van der Waals surface area contributed by atoms with Crippen molar-refractivity contribution in [3.63, 3.8) is 0 Å². The molecule has 0 aliphatic carbocycles. The van der Waals surface area contributed by atoms with E-state index in [4.69, 9.17) is 0 Å². The second-order valence-electron chi connectivity index (χ2n) is 14.6. The molecule has 0 fully saturated rings. The average Bonchev–Trinajstić information content (AvgIpc) is 4.15. The van der Waals surface area contributed by atoms with Gasteiger partial charge in [-0.2, -0.15) is 43.7 Å². The molecule has 4 N–H and O–H groups in total. The van der Waals surface area contributed by atoms with Gasteiger partial charge in [0.2, 0.25) is 12.7 Å². The third-order valence-electron chi connectivity index (χ3n) is 11.3. The highest BCUT2D eigenvalue weighted by Gasteiger charge is 2.32. The minimum Gasteiger partial charge on any atom is -0.250 e. The smallest absolute Gasteiger partial charge is 0.239 e. The maximum atomic E-state index is 2.81. The van der Waals surface area contributed by atoms with Gasteiger partial charge in [0.15, 0.2) is 0 Å². The van der Waals surface area contributed by atoms with Crippen molar-refractivity contribution in [2.45, 2.75) is 0 Å². The number of benzene rings is 8. The summed E-state index contributed by atoms with van der Waals surface area (Å²) in [6.45, 7) is 0. The molecular formula is C54H50B2N4. The molecule has 0 radical (unpaired) electrons. The third-order valence-corrected chi connectivity index (χ3v) is 11.3. The van der Waals surface area contributed by atoms with Gasteiger partial charge in [-0.05, 0) is 0 Å². The molecule has 0 atom stereocenters. The molecule has 8 aromatic carbocycles. The predicted molar refractivity (Wildman–Crippen MR) is 255 cm³/mol. The van der Waals surface area contributed by atoms with Gasteiger partial charge in [0, 0.05) is 0 Å². The van der Waals surface area contributed by atoms with Crippen molar-refractivity contribution >= 4 is 56.0 Å². The van der Waals surface area contributed by atoms with Crippen molar-refractivity contribution in [2.24, 2.45) is 0 Å². The van der Waals surface area contributed by atoms with Gasteiger partial charge in [-0.25, -0.2) is 0 Å². The molecule has 0 saturated heterocycles. The number of rotatable bonds is 8. The highest BCUT2D eigenvalue weighted by Crippen LogP contribution is 2.11. The summed E-state index contributed by atoms with van der Waals surface area (Å²) in [5.74, 6) is 0. The van der Waals surface area contributed by atoms with E-state index in [1.54, 1.807) is 12.7 Å². The minimum absolute atomic E-state index is 1.22. The maximum Gasteiger partial charge on any atom is 0.239 e. The summed E-state index contributed by atoms with van der Waals surface area (Å²) in [6.07, 6.45) is 8.35. The van der Waals surface area contributed by atoms with Crippen LogP contribution < -0.4 is 53.7 Å². The molecule has 10 aromatic rings. The molecule has 2 aromatic heterocycles. The molecule has 2 heterocycles. The van der Waals surface area contributed by atoms with Gasteiger partial charge >= 0.3 is 0 Å². The summed E-state index contributed by atoms with van der Waals surface area (Å²) in [5, 5.41) is 0. The first-order valence-electron chi connectivity index (χ1n) is 20.6. The van der Waals surface area contributed by atoms with Crippen molar-refractivity contribution in [1.82, 2.24) is 9.97 Å². The zero-order chi connectivity index (χ0) is 41.0. The zero-order valence-corrected chi connectivity index (χ0v) is 33.7. The molecule has 0 aliphatic rings. The summed E-state index contributed by atoms with van der Waals surface area (Å²) in [4.78, 5) is 11.2. The molecule has 0 spiro atoms. The van der Waals surface area contributed by atoms with E-state index in [0.29, 0.717) is 0 Å². The van der Waals surface area contributed by atoms with Crippen LogP contribution >= 0.6 is 0 Å². The third kappa shape index (κ3) is 9.36. The number of imidazole rings is 2. The van der Waals surface area contributed by atoms with Gasteiger partial charge in [-0.15, -0.1) is 0 Å². The second-order valence-corrected chi connectivity index (χ2v) is 14.6. The van der Waals surface area contributed by atoms with Crippen LogP contribution in [0, 0.1) is 0 Å². The van der Waals surface area contributed by atoms with Crippen molar-refractivity contribution in [3.8, 4) is 0 Å². The lowest BCUT2D eigenvalue weighted by molar-refractivity contribution is -0.376. The number of hydrogen-bond acceptors (Lipinski definition) is 0. The number of nitrogens with one attached hydrogen (secondary N) is 4. The van der Waals surface area contributed by atoms with Gasteiger partial charge in [0.25, 0.3) is 0 Å². The van der Waals surface area contributed by atoms with Crippen LogP contribution in [-0.4, -0.2) is 22.3 Å². The van der Waals surface area contributed by atoms with Crippen molar-refractivity contribution in [2.75, 3.05) is 0 Å². The molecule has 4 nitrogen and oxygen atoms in total. The molecule has 0 aliphatic heterocycles.